The maximum absolute atomic E-state index is 14.8. The third-order valence-electron chi connectivity index (χ3n) is 12.7. The molecule has 0 saturated carbocycles. The average molecular weight is 1180 g/mol. The highest BCUT2D eigenvalue weighted by molar-refractivity contribution is 8.76. The summed E-state index contributed by atoms with van der Waals surface area (Å²) < 4.78 is 0. The zero-order valence-electron chi connectivity index (χ0n) is 45.4. The van der Waals surface area contributed by atoms with E-state index in [9.17, 15) is 72.2 Å². The predicted molar refractivity (Wildman–Crippen MR) is 293 cm³/mol. The molecule has 0 radical (unpaired) electrons. The van der Waals surface area contributed by atoms with E-state index in [1.165, 1.54) is 24.3 Å². The third-order valence-corrected chi connectivity index (χ3v) is 15.1. The fourth-order valence-corrected chi connectivity index (χ4v) is 10.5. The molecule has 2 aliphatic rings. The Morgan fingerprint density at radius 2 is 1.31 bits per heavy atom. The number of nitrogens with one attached hydrogen (secondary N) is 10. The Labute approximate surface area is 474 Å². The molecule has 14 amide bonds. The standard InChI is InChI=1S/C49H75N15O15S2/c1-5-25(4)41-48(78)58-28(12-13-35(51)66)43(73)60-31(17-36(52)67)44(74)62-33(49(79)64-14-6-7-34(64)47(77)61-29(15-24(2)3)42(72)56-19-37(53)68)23-81-80-22-32(57-40(71)21-55-39(70)20-54-38(69)18-50)46(76)59-30(45(75)63-41)16-26-8-10-27(65)11-9-26/h8-11,24-25,28-34,41,65H,5-7,12-23,50H2,1-4H3,(H2,51,66)(H2,52,67)(H2,53,68)(H,54,69)(H,55,70)(H,56,72)(H,57,71)(H,58,78)(H,59,76)(H,60,73)(H,61,77)(H,62,74)(H,63,75). The van der Waals surface area contributed by atoms with Crippen molar-refractivity contribution in [3.63, 3.8) is 0 Å². The number of nitrogens with two attached hydrogens (primary N) is 4. The SMILES string of the molecule is CCC(C)C1NC(=O)C(Cc2ccc(O)cc2)NC(=O)C(NC(=O)CNC(=O)CNC(=O)CN)CSSCC(C(=O)N2CCCC2C(=O)NC(CC(C)C)C(=O)NCC(N)=O)NC(=O)C(CC(N)=O)NC(=O)C(CCC(N)=O)NC1=O. The molecule has 0 aromatic heterocycles. The van der Waals surface area contributed by atoms with Crippen LogP contribution in [0.15, 0.2) is 24.3 Å². The Kier molecular flexibility index (Phi) is 28.1. The highest BCUT2D eigenvalue weighted by Gasteiger charge is 2.41. The first-order chi connectivity index (χ1) is 38.2. The van der Waals surface area contributed by atoms with Crippen LogP contribution in [0.4, 0.5) is 0 Å². The number of phenolic OH excluding ortho intramolecular Hbond substituents is 1. The summed E-state index contributed by atoms with van der Waals surface area (Å²) in [4.78, 5) is 188. The second-order valence-electron chi connectivity index (χ2n) is 19.7. The monoisotopic (exact) mass is 1180 g/mol. The van der Waals surface area contributed by atoms with Gasteiger partial charge in [-0.05, 0) is 55.2 Å². The van der Waals surface area contributed by atoms with E-state index in [0.717, 1.165) is 26.5 Å². The topological polar surface area (TPSA) is 487 Å². The van der Waals surface area contributed by atoms with E-state index in [0.29, 0.717) is 5.56 Å². The molecule has 30 nitrogen and oxygen atoms in total. The smallest absolute Gasteiger partial charge is 0.246 e. The van der Waals surface area contributed by atoms with Gasteiger partial charge in [-0.15, -0.1) is 0 Å². The maximum atomic E-state index is 14.8. The molecule has 448 valence electrons. The first kappa shape index (κ1) is 67.5. The number of benzene rings is 1. The van der Waals surface area contributed by atoms with Gasteiger partial charge in [0.15, 0.2) is 0 Å². The van der Waals surface area contributed by atoms with E-state index in [4.69, 9.17) is 22.9 Å². The van der Waals surface area contributed by atoms with Crippen LogP contribution in [0.3, 0.4) is 0 Å². The van der Waals surface area contributed by atoms with Crippen LogP contribution in [-0.2, 0) is 73.5 Å². The van der Waals surface area contributed by atoms with Crippen molar-refractivity contribution >= 4 is 104 Å². The van der Waals surface area contributed by atoms with E-state index < -0.39 is 182 Å². The van der Waals surface area contributed by atoms with Gasteiger partial charge in [0.25, 0.3) is 0 Å². The minimum atomic E-state index is -1.85. The van der Waals surface area contributed by atoms with Crippen LogP contribution in [-0.4, -0.2) is 185 Å². The van der Waals surface area contributed by atoms with Gasteiger partial charge in [-0.3, -0.25) is 67.1 Å². The molecule has 1 aromatic rings. The van der Waals surface area contributed by atoms with Crippen molar-refractivity contribution in [3.05, 3.63) is 29.8 Å². The molecule has 81 heavy (non-hydrogen) atoms. The zero-order chi connectivity index (χ0) is 60.5. The number of amides is 14. The molecule has 2 fully saturated rings. The summed E-state index contributed by atoms with van der Waals surface area (Å²) in [5.74, 6) is -14.3. The zero-order valence-corrected chi connectivity index (χ0v) is 47.1. The summed E-state index contributed by atoms with van der Waals surface area (Å²) in [6.45, 7) is 4.65. The minimum absolute atomic E-state index is 0.0345. The first-order valence-corrected chi connectivity index (χ1v) is 28.5. The molecular weight excluding hydrogens is 1100 g/mol. The number of aromatic hydroxyl groups is 1. The second-order valence-corrected chi connectivity index (χ2v) is 22.2. The number of nitrogens with zero attached hydrogens (tertiary/aromatic N) is 1. The van der Waals surface area contributed by atoms with Gasteiger partial charge in [0, 0.05) is 30.9 Å². The molecule has 9 unspecified atom stereocenters. The lowest BCUT2D eigenvalue weighted by Gasteiger charge is -2.31. The number of carbonyl (C=O) groups excluding carboxylic acids is 14. The maximum Gasteiger partial charge on any atom is 0.246 e. The van der Waals surface area contributed by atoms with Crippen LogP contribution >= 0.6 is 21.6 Å². The van der Waals surface area contributed by atoms with Crippen LogP contribution in [0.1, 0.15) is 78.2 Å². The van der Waals surface area contributed by atoms with Crippen molar-refractivity contribution in [3.8, 4) is 5.75 Å². The molecule has 3 rings (SSSR count). The van der Waals surface area contributed by atoms with Crippen molar-refractivity contribution < 1.29 is 72.2 Å². The van der Waals surface area contributed by atoms with Crippen molar-refractivity contribution in [2.24, 2.45) is 34.8 Å². The lowest BCUT2D eigenvalue weighted by molar-refractivity contribution is -0.142. The summed E-state index contributed by atoms with van der Waals surface area (Å²) in [6.07, 6.45) is -1.33. The van der Waals surface area contributed by atoms with Crippen molar-refractivity contribution in [1.29, 1.82) is 0 Å². The number of hydrogen-bond acceptors (Lipinski definition) is 18. The van der Waals surface area contributed by atoms with E-state index in [1.807, 2.05) is 0 Å². The van der Waals surface area contributed by atoms with Crippen molar-refractivity contribution in [2.75, 3.05) is 44.2 Å². The van der Waals surface area contributed by atoms with Gasteiger partial charge in [0.2, 0.25) is 82.7 Å². The summed E-state index contributed by atoms with van der Waals surface area (Å²) >= 11 is 0. The molecule has 0 aliphatic carbocycles. The molecule has 0 bridgehead atoms. The van der Waals surface area contributed by atoms with Crippen LogP contribution < -0.4 is 76.1 Å². The largest absolute Gasteiger partial charge is 0.508 e. The number of carbonyl (C=O) groups is 14. The van der Waals surface area contributed by atoms with Gasteiger partial charge < -0.3 is 86.1 Å². The molecule has 19 N–H and O–H groups in total. The second kappa shape index (κ2) is 33.8. The van der Waals surface area contributed by atoms with Crippen LogP contribution in [0.5, 0.6) is 5.75 Å². The molecule has 0 spiro atoms. The third kappa shape index (κ3) is 23.5. The molecule has 2 saturated heterocycles. The number of rotatable bonds is 23. The van der Waals surface area contributed by atoms with Gasteiger partial charge in [-0.1, -0.05) is 67.8 Å². The fraction of sp³-hybridized carbons (Fsp3) is 0.592. The van der Waals surface area contributed by atoms with Crippen LogP contribution in [0.25, 0.3) is 0 Å². The number of hydrogen-bond donors (Lipinski definition) is 15. The molecule has 2 heterocycles. The Morgan fingerprint density at radius 3 is 1.93 bits per heavy atom. The summed E-state index contributed by atoms with van der Waals surface area (Å²) in [6, 6.07) is -6.44. The quantitative estimate of drug-likeness (QED) is 0.0453. The number of phenols is 1. The normalized spacial score (nSPS) is 22.2. The lowest BCUT2D eigenvalue weighted by Crippen LogP contribution is -2.62. The first-order valence-electron chi connectivity index (χ1n) is 26.0. The Hall–Kier alpha value is -7.74. The fourth-order valence-electron chi connectivity index (χ4n) is 8.18. The van der Waals surface area contributed by atoms with E-state index >= 15 is 0 Å². The van der Waals surface area contributed by atoms with E-state index in [1.54, 1.807) is 27.7 Å². The molecule has 9 atom stereocenters. The number of primary amides is 3. The summed E-state index contributed by atoms with van der Waals surface area (Å²) in [5.41, 5.74) is 21.9. The summed E-state index contributed by atoms with van der Waals surface area (Å²) in [7, 11) is 1.76. The number of likely N-dealkylation sites (tertiary alicyclic amines) is 1. The molecule has 2 aliphatic heterocycles. The highest BCUT2D eigenvalue weighted by atomic mass is 33.1. The van der Waals surface area contributed by atoms with Gasteiger partial charge in [-0.2, -0.15) is 0 Å². The average Bonchev–Trinajstić information content (AvgIpc) is 3.93. The predicted octanol–water partition coefficient (Wildman–Crippen LogP) is -6.26. The Bertz CT molecular complexity index is 2470. The van der Waals surface area contributed by atoms with Gasteiger partial charge >= 0.3 is 0 Å². The van der Waals surface area contributed by atoms with E-state index in [2.05, 4.69) is 53.2 Å². The Balaban J connectivity index is 2.17. The van der Waals surface area contributed by atoms with Gasteiger partial charge in [-0.25, -0.2) is 0 Å². The van der Waals surface area contributed by atoms with Gasteiger partial charge in [0.05, 0.1) is 32.6 Å². The van der Waals surface area contributed by atoms with Crippen LogP contribution in [0, 0.1) is 11.8 Å². The highest BCUT2D eigenvalue weighted by Crippen LogP contribution is 2.26. The van der Waals surface area contributed by atoms with E-state index in [-0.39, 0.29) is 61.8 Å². The minimum Gasteiger partial charge on any atom is -0.508 e. The Morgan fingerprint density at radius 1 is 0.704 bits per heavy atom. The van der Waals surface area contributed by atoms with Crippen LogP contribution in [0.2, 0.25) is 0 Å². The molecular formula is C49H75N15O15S2. The van der Waals surface area contributed by atoms with Crippen molar-refractivity contribution in [2.45, 2.75) is 127 Å². The summed E-state index contributed by atoms with van der Waals surface area (Å²) in [5, 5.41) is 34.7. The molecule has 1 aromatic carbocycles. The molecule has 32 heteroatoms. The van der Waals surface area contributed by atoms with Crippen molar-refractivity contribution in [1.82, 2.24) is 58.1 Å². The lowest BCUT2D eigenvalue weighted by atomic mass is 9.96. The van der Waals surface area contributed by atoms with Gasteiger partial charge in [0.1, 0.15) is 54.1 Å².